The molecule has 2 N–H and O–H groups in total. The highest BCUT2D eigenvalue weighted by atomic mass is 19.3. The summed E-state index contributed by atoms with van der Waals surface area (Å²) in [6.07, 6.45) is -0.491. The highest BCUT2D eigenvalue weighted by Crippen LogP contribution is 2.38. The Hall–Kier alpha value is -2.09. The van der Waals surface area contributed by atoms with E-state index in [1.165, 1.54) is 14.2 Å². The van der Waals surface area contributed by atoms with Gasteiger partial charge in [-0.05, 0) is 24.6 Å². The van der Waals surface area contributed by atoms with Gasteiger partial charge in [-0.3, -0.25) is 10.1 Å². The maximum atomic E-state index is 13.1. The van der Waals surface area contributed by atoms with Crippen molar-refractivity contribution in [2.75, 3.05) is 27.4 Å². The summed E-state index contributed by atoms with van der Waals surface area (Å²) in [5.74, 6) is -1.86. The minimum Gasteiger partial charge on any atom is -0.493 e. The van der Waals surface area contributed by atoms with Crippen LogP contribution >= 0.6 is 0 Å². The van der Waals surface area contributed by atoms with Crippen LogP contribution in [0, 0.1) is 0 Å². The molecule has 0 radical (unpaired) electrons. The zero-order valence-electron chi connectivity index (χ0n) is 13.9. The highest BCUT2D eigenvalue weighted by Gasteiger charge is 2.42. The average Bonchev–Trinajstić information content (AvgIpc) is 2.93. The summed E-state index contributed by atoms with van der Waals surface area (Å²) < 4.78 is 42.4. The summed E-state index contributed by atoms with van der Waals surface area (Å²) in [5.41, 5.74) is 0.713. The van der Waals surface area contributed by atoms with Crippen molar-refractivity contribution >= 4 is 5.91 Å². The smallest absolute Gasteiger partial charge is 0.262 e. The second-order valence-corrected chi connectivity index (χ2v) is 5.47. The molecule has 1 aromatic carbocycles. The molecule has 2 rings (SSSR count). The van der Waals surface area contributed by atoms with Gasteiger partial charge < -0.3 is 19.5 Å². The van der Waals surface area contributed by atoms with E-state index in [4.69, 9.17) is 14.2 Å². The number of carbonyl (C=O) groups is 1. The van der Waals surface area contributed by atoms with Crippen molar-refractivity contribution in [3.05, 3.63) is 17.7 Å². The fourth-order valence-corrected chi connectivity index (χ4v) is 2.54. The number of methoxy groups -OCH3 is 2. The Morgan fingerprint density at radius 1 is 1.33 bits per heavy atom. The lowest BCUT2D eigenvalue weighted by Crippen LogP contribution is -2.40. The van der Waals surface area contributed by atoms with E-state index in [0.29, 0.717) is 29.4 Å². The van der Waals surface area contributed by atoms with E-state index < -0.39 is 30.8 Å². The summed E-state index contributed by atoms with van der Waals surface area (Å²) in [5, 5.41) is 5.17. The van der Waals surface area contributed by atoms with Gasteiger partial charge in [0.1, 0.15) is 0 Å². The van der Waals surface area contributed by atoms with Crippen LogP contribution in [0.15, 0.2) is 12.1 Å². The molecular formula is C16H22F2N2O4. The molecule has 1 aromatic rings. The van der Waals surface area contributed by atoms with Crippen molar-refractivity contribution in [2.45, 2.75) is 31.9 Å². The Labute approximate surface area is 139 Å². The first-order chi connectivity index (χ1) is 11.4. The van der Waals surface area contributed by atoms with Crippen molar-refractivity contribution in [1.82, 2.24) is 10.6 Å². The minimum absolute atomic E-state index is 0.168. The fourth-order valence-electron chi connectivity index (χ4n) is 2.54. The zero-order valence-corrected chi connectivity index (χ0v) is 13.9. The number of amides is 1. The maximum Gasteiger partial charge on any atom is 0.262 e. The van der Waals surface area contributed by atoms with E-state index in [1.54, 1.807) is 12.1 Å². The summed E-state index contributed by atoms with van der Waals surface area (Å²) in [6, 6.07) is 2.54. The molecule has 24 heavy (non-hydrogen) atoms. The second-order valence-electron chi connectivity index (χ2n) is 5.47. The third kappa shape index (κ3) is 4.25. The quantitative estimate of drug-likeness (QED) is 0.788. The first kappa shape index (κ1) is 18.3. The molecule has 0 spiro atoms. The number of ether oxygens (including phenoxy) is 3. The number of halogens is 2. The second kappa shape index (κ2) is 7.65. The number of nitrogens with one attached hydrogen (secondary N) is 2. The molecule has 1 unspecified atom stereocenters. The largest absolute Gasteiger partial charge is 0.493 e. The third-order valence-corrected chi connectivity index (χ3v) is 3.70. The van der Waals surface area contributed by atoms with E-state index in [-0.39, 0.29) is 6.54 Å². The minimum atomic E-state index is -2.84. The van der Waals surface area contributed by atoms with Gasteiger partial charge in [0.25, 0.3) is 5.92 Å². The van der Waals surface area contributed by atoms with E-state index in [9.17, 15) is 13.6 Å². The van der Waals surface area contributed by atoms with Crippen LogP contribution in [0.3, 0.4) is 0 Å². The zero-order chi connectivity index (χ0) is 17.7. The van der Waals surface area contributed by atoms with Gasteiger partial charge in [0.15, 0.2) is 11.5 Å². The Morgan fingerprint density at radius 2 is 1.96 bits per heavy atom. The fraction of sp³-hybridized carbons (Fsp3) is 0.562. The van der Waals surface area contributed by atoms with Gasteiger partial charge in [0.05, 0.1) is 33.4 Å². The molecule has 134 valence electrons. The standard InChI is InChI=1S/C16H22F2N2O4/c1-4-24-14-12(22-2)5-10(6-13(14)23-3)8-19-15(21)11-7-16(17,18)9-20-11/h5-6,11,20H,4,7-9H2,1-3H3,(H,19,21). The van der Waals surface area contributed by atoms with Crippen LogP contribution in [0.1, 0.15) is 18.9 Å². The molecular weight excluding hydrogens is 322 g/mol. The van der Waals surface area contributed by atoms with Crippen molar-refractivity contribution in [1.29, 1.82) is 0 Å². The van der Waals surface area contributed by atoms with Crippen LogP contribution in [0.5, 0.6) is 17.2 Å². The van der Waals surface area contributed by atoms with Gasteiger partial charge in [0.2, 0.25) is 11.7 Å². The predicted molar refractivity (Wildman–Crippen MR) is 83.9 cm³/mol. The average molecular weight is 344 g/mol. The molecule has 1 aliphatic heterocycles. The molecule has 1 saturated heterocycles. The molecule has 1 atom stereocenters. The number of alkyl halides is 2. The molecule has 6 nitrogen and oxygen atoms in total. The van der Waals surface area contributed by atoms with E-state index in [1.807, 2.05) is 6.92 Å². The summed E-state index contributed by atoms with van der Waals surface area (Å²) in [6.45, 7) is 1.99. The van der Waals surface area contributed by atoms with Crippen LogP contribution < -0.4 is 24.8 Å². The monoisotopic (exact) mass is 344 g/mol. The van der Waals surface area contributed by atoms with E-state index >= 15 is 0 Å². The first-order valence-corrected chi connectivity index (χ1v) is 7.66. The molecule has 0 aliphatic carbocycles. The molecule has 1 fully saturated rings. The van der Waals surface area contributed by atoms with Gasteiger partial charge in [0, 0.05) is 13.0 Å². The van der Waals surface area contributed by atoms with Gasteiger partial charge in [-0.25, -0.2) is 8.78 Å². The van der Waals surface area contributed by atoms with Crippen molar-refractivity contribution < 1.29 is 27.8 Å². The molecule has 8 heteroatoms. The Morgan fingerprint density at radius 3 is 2.42 bits per heavy atom. The summed E-state index contributed by atoms with van der Waals surface area (Å²) in [7, 11) is 3.01. The van der Waals surface area contributed by atoms with E-state index in [2.05, 4.69) is 10.6 Å². The van der Waals surface area contributed by atoms with Crippen LogP contribution in [0.4, 0.5) is 8.78 Å². The van der Waals surface area contributed by atoms with Crippen molar-refractivity contribution in [3.63, 3.8) is 0 Å². The van der Waals surface area contributed by atoms with Crippen molar-refractivity contribution in [3.8, 4) is 17.2 Å². The lowest BCUT2D eigenvalue weighted by Gasteiger charge is -2.16. The lowest BCUT2D eigenvalue weighted by atomic mass is 10.1. The number of rotatable bonds is 7. The molecule has 0 bridgehead atoms. The summed E-state index contributed by atoms with van der Waals surface area (Å²) >= 11 is 0. The molecule has 0 saturated carbocycles. The SMILES string of the molecule is CCOc1c(OC)cc(CNC(=O)C2CC(F)(F)CN2)cc1OC. The van der Waals surface area contributed by atoms with Gasteiger partial charge >= 0.3 is 0 Å². The van der Waals surface area contributed by atoms with Crippen LogP contribution in [-0.2, 0) is 11.3 Å². The Kier molecular flexibility index (Phi) is 5.82. The van der Waals surface area contributed by atoms with Crippen LogP contribution in [0.2, 0.25) is 0 Å². The molecule has 1 heterocycles. The number of carbonyl (C=O) groups excluding carboxylic acids is 1. The molecule has 1 amide bonds. The van der Waals surface area contributed by atoms with Gasteiger partial charge in [-0.15, -0.1) is 0 Å². The number of hydrogen-bond donors (Lipinski definition) is 2. The van der Waals surface area contributed by atoms with Gasteiger partial charge in [-0.2, -0.15) is 0 Å². The number of hydrogen-bond acceptors (Lipinski definition) is 5. The normalized spacial score (nSPS) is 19.0. The van der Waals surface area contributed by atoms with E-state index in [0.717, 1.165) is 0 Å². The van der Waals surface area contributed by atoms with Gasteiger partial charge in [-0.1, -0.05) is 0 Å². The molecule has 1 aliphatic rings. The maximum absolute atomic E-state index is 13.1. The van der Waals surface area contributed by atoms with Crippen molar-refractivity contribution in [2.24, 2.45) is 0 Å². The number of benzene rings is 1. The third-order valence-electron chi connectivity index (χ3n) is 3.70. The van der Waals surface area contributed by atoms with Crippen LogP contribution in [-0.4, -0.2) is 45.2 Å². The topological polar surface area (TPSA) is 68.8 Å². The first-order valence-electron chi connectivity index (χ1n) is 7.66. The lowest BCUT2D eigenvalue weighted by molar-refractivity contribution is -0.123. The Bertz CT molecular complexity index is 570. The Balaban J connectivity index is 2.06. The summed E-state index contributed by atoms with van der Waals surface area (Å²) in [4.78, 5) is 12.0. The molecule has 0 aromatic heterocycles. The van der Waals surface area contributed by atoms with Crippen LogP contribution in [0.25, 0.3) is 0 Å². The highest BCUT2D eigenvalue weighted by molar-refractivity contribution is 5.82. The predicted octanol–water partition coefficient (Wildman–Crippen LogP) is 1.72.